The first-order chi connectivity index (χ1) is 11.7. The zero-order chi connectivity index (χ0) is 16.5. The fourth-order valence-corrected chi connectivity index (χ4v) is 4.33. The molecule has 3 aromatic heterocycles. The molecule has 0 unspecified atom stereocenters. The van der Waals surface area contributed by atoms with E-state index in [0.717, 1.165) is 48.8 Å². The Bertz CT molecular complexity index is 817. The van der Waals surface area contributed by atoms with E-state index < -0.39 is 0 Å². The molecule has 3 aromatic rings. The van der Waals surface area contributed by atoms with Gasteiger partial charge in [-0.05, 0) is 38.3 Å². The number of nitrogens with one attached hydrogen (secondary N) is 2. The molecule has 7 heteroatoms. The second-order valence-corrected chi connectivity index (χ2v) is 7.59. The van der Waals surface area contributed by atoms with Crippen molar-refractivity contribution in [1.82, 2.24) is 25.5 Å². The fourth-order valence-electron chi connectivity index (χ4n) is 3.34. The standard InChI is InChI=1S/C17H22N6S/c1-11-12(2)24-17-15(11)16(19-10-20-17)23-7-4-13(5-8-23)18-9-14-3-6-21-22-14/h3,6,10,13,18H,4-5,7-9H2,1-2H3,(H,21,22). The van der Waals surface area contributed by atoms with Crippen molar-refractivity contribution in [2.24, 2.45) is 0 Å². The van der Waals surface area contributed by atoms with Crippen molar-refractivity contribution in [2.45, 2.75) is 39.3 Å². The third-order valence-electron chi connectivity index (χ3n) is 4.88. The Morgan fingerprint density at radius 2 is 2.12 bits per heavy atom. The molecule has 1 saturated heterocycles. The minimum Gasteiger partial charge on any atom is -0.356 e. The number of aryl methyl sites for hydroxylation is 2. The maximum atomic E-state index is 4.60. The van der Waals surface area contributed by atoms with Crippen molar-refractivity contribution in [1.29, 1.82) is 0 Å². The van der Waals surface area contributed by atoms with E-state index in [1.165, 1.54) is 15.8 Å². The van der Waals surface area contributed by atoms with Gasteiger partial charge in [-0.2, -0.15) is 5.10 Å². The SMILES string of the molecule is Cc1sc2ncnc(N3CCC(NCc4ccn[nH]4)CC3)c2c1C. The van der Waals surface area contributed by atoms with Crippen LogP contribution in [0.4, 0.5) is 5.82 Å². The van der Waals surface area contributed by atoms with Crippen LogP contribution in [0.5, 0.6) is 0 Å². The van der Waals surface area contributed by atoms with E-state index in [-0.39, 0.29) is 0 Å². The molecule has 4 heterocycles. The lowest BCUT2D eigenvalue weighted by molar-refractivity contribution is 0.411. The number of aromatic nitrogens is 4. The van der Waals surface area contributed by atoms with Gasteiger partial charge < -0.3 is 10.2 Å². The monoisotopic (exact) mass is 342 g/mol. The average Bonchev–Trinajstić information content (AvgIpc) is 3.22. The molecular formula is C17H22N6S. The largest absolute Gasteiger partial charge is 0.356 e. The quantitative estimate of drug-likeness (QED) is 0.763. The summed E-state index contributed by atoms with van der Waals surface area (Å²) in [6.45, 7) is 7.25. The van der Waals surface area contributed by atoms with Crippen LogP contribution < -0.4 is 10.2 Å². The number of piperidine rings is 1. The first kappa shape index (κ1) is 15.5. The molecule has 1 aliphatic rings. The summed E-state index contributed by atoms with van der Waals surface area (Å²) in [4.78, 5) is 13.9. The number of aromatic amines is 1. The van der Waals surface area contributed by atoms with E-state index in [0.29, 0.717) is 6.04 Å². The Hall–Kier alpha value is -1.99. The van der Waals surface area contributed by atoms with Crippen LogP contribution in [0.3, 0.4) is 0 Å². The van der Waals surface area contributed by atoms with Gasteiger partial charge in [-0.3, -0.25) is 5.10 Å². The van der Waals surface area contributed by atoms with Crippen LogP contribution in [-0.4, -0.2) is 39.3 Å². The number of fused-ring (bicyclic) bond motifs is 1. The summed E-state index contributed by atoms with van der Waals surface area (Å²) >= 11 is 1.76. The Kier molecular flexibility index (Phi) is 4.20. The van der Waals surface area contributed by atoms with Crippen molar-refractivity contribution in [3.05, 3.63) is 34.7 Å². The van der Waals surface area contributed by atoms with Gasteiger partial charge in [0.2, 0.25) is 0 Å². The lowest BCUT2D eigenvalue weighted by atomic mass is 10.0. The molecule has 4 rings (SSSR count). The summed E-state index contributed by atoms with van der Waals surface area (Å²) in [7, 11) is 0. The predicted molar refractivity (Wildman–Crippen MR) is 97.6 cm³/mol. The minimum absolute atomic E-state index is 0.548. The van der Waals surface area contributed by atoms with Gasteiger partial charge in [-0.1, -0.05) is 0 Å². The first-order valence-electron chi connectivity index (χ1n) is 8.39. The maximum Gasteiger partial charge on any atom is 0.141 e. The smallest absolute Gasteiger partial charge is 0.141 e. The normalized spacial score (nSPS) is 16.2. The summed E-state index contributed by atoms with van der Waals surface area (Å²) < 4.78 is 0. The number of thiophene rings is 1. The van der Waals surface area contributed by atoms with Crippen molar-refractivity contribution >= 4 is 27.4 Å². The van der Waals surface area contributed by atoms with E-state index in [9.17, 15) is 0 Å². The number of rotatable bonds is 4. The highest BCUT2D eigenvalue weighted by atomic mass is 32.1. The van der Waals surface area contributed by atoms with Gasteiger partial charge >= 0.3 is 0 Å². The van der Waals surface area contributed by atoms with Crippen molar-refractivity contribution in [2.75, 3.05) is 18.0 Å². The van der Waals surface area contributed by atoms with Crippen molar-refractivity contribution < 1.29 is 0 Å². The van der Waals surface area contributed by atoms with E-state index in [1.807, 2.05) is 6.07 Å². The molecule has 6 nitrogen and oxygen atoms in total. The molecule has 0 spiro atoms. The van der Waals surface area contributed by atoms with Gasteiger partial charge in [0, 0.05) is 42.4 Å². The topological polar surface area (TPSA) is 69.7 Å². The molecule has 24 heavy (non-hydrogen) atoms. The molecule has 0 bridgehead atoms. The van der Waals surface area contributed by atoms with Gasteiger partial charge in [0.05, 0.1) is 5.39 Å². The maximum absolute atomic E-state index is 4.60. The molecule has 1 aliphatic heterocycles. The Morgan fingerprint density at radius 3 is 2.88 bits per heavy atom. The molecular weight excluding hydrogens is 320 g/mol. The molecule has 0 amide bonds. The molecule has 0 aromatic carbocycles. The van der Waals surface area contributed by atoms with Crippen LogP contribution in [0, 0.1) is 13.8 Å². The van der Waals surface area contributed by atoms with Crippen LogP contribution in [0.15, 0.2) is 18.6 Å². The molecule has 1 fully saturated rings. The van der Waals surface area contributed by atoms with E-state index in [4.69, 9.17) is 0 Å². The third-order valence-corrected chi connectivity index (χ3v) is 5.99. The molecule has 0 aliphatic carbocycles. The van der Waals surface area contributed by atoms with Crippen LogP contribution in [0.1, 0.15) is 29.0 Å². The second-order valence-electron chi connectivity index (χ2n) is 6.38. The highest BCUT2D eigenvalue weighted by molar-refractivity contribution is 7.18. The lowest BCUT2D eigenvalue weighted by Crippen LogP contribution is -2.42. The predicted octanol–water partition coefficient (Wildman–Crippen LogP) is 2.79. The second kappa shape index (κ2) is 6.49. The lowest BCUT2D eigenvalue weighted by Gasteiger charge is -2.33. The fraction of sp³-hybridized carbons (Fsp3) is 0.471. The zero-order valence-electron chi connectivity index (χ0n) is 14.0. The zero-order valence-corrected chi connectivity index (χ0v) is 14.9. The van der Waals surface area contributed by atoms with E-state index >= 15 is 0 Å². The third kappa shape index (κ3) is 2.89. The number of H-pyrrole nitrogens is 1. The van der Waals surface area contributed by atoms with Crippen LogP contribution in [0.2, 0.25) is 0 Å². The Labute approximate surface area is 145 Å². The molecule has 0 saturated carbocycles. The molecule has 126 valence electrons. The number of nitrogens with zero attached hydrogens (tertiary/aromatic N) is 4. The average molecular weight is 342 g/mol. The summed E-state index contributed by atoms with van der Waals surface area (Å²) in [6, 6.07) is 2.56. The minimum atomic E-state index is 0.548. The summed E-state index contributed by atoms with van der Waals surface area (Å²) in [6.07, 6.45) is 5.75. The van der Waals surface area contributed by atoms with Gasteiger partial charge in [-0.25, -0.2) is 9.97 Å². The Morgan fingerprint density at radius 1 is 1.29 bits per heavy atom. The number of hydrogen-bond donors (Lipinski definition) is 2. The Balaban J connectivity index is 1.44. The van der Waals surface area contributed by atoms with Gasteiger partial charge in [0.25, 0.3) is 0 Å². The molecule has 2 N–H and O–H groups in total. The van der Waals surface area contributed by atoms with Gasteiger partial charge in [0.15, 0.2) is 0 Å². The van der Waals surface area contributed by atoms with E-state index in [2.05, 4.69) is 44.2 Å². The van der Waals surface area contributed by atoms with Crippen LogP contribution in [0.25, 0.3) is 10.2 Å². The van der Waals surface area contributed by atoms with Gasteiger partial charge in [-0.15, -0.1) is 11.3 Å². The number of hydrogen-bond acceptors (Lipinski definition) is 6. The highest BCUT2D eigenvalue weighted by Gasteiger charge is 2.23. The first-order valence-corrected chi connectivity index (χ1v) is 9.21. The van der Waals surface area contributed by atoms with Crippen LogP contribution in [-0.2, 0) is 6.54 Å². The summed E-state index contributed by atoms with van der Waals surface area (Å²) in [5.74, 6) is 1.11. The molecule has 0 atom stereocenters. The number of anilines is 1. The van der Waals surface area contributed by atoms with Gasteiger partial charge in [0.1, 0.15) is 17.0 Å². The van der Waals surface area contributed by atoms with E-state index in [1.54, 1.807) is 23.9 Å². The van der Waals surface area contributed by atoms with Crippen molar-refractivity contribution in [3.8, 4) is 0 Å². The van der Waals surface area contributed by atoms with Crippen LogP contribution >= 0.6 is 11.3 Å². The summed E-state index contributed by atoms with van der Waals surface area (Å²) in [5.41, 5.74) is 2.46. The molecule has 0 radical (unpaired) electrons. The summed E-state index contributed by atoms with van der Waals surface area (Å²) in [5, 5.41) is 11.9. The highest BCUT2D eigenvalue weighted by Crippen LogP contribution is 2.35. The van der Waals surface area contributed by atoms with Crippen molar-refractivity contribution in [3.63, 3.8) is 0 Å².